The number of nitrogens with zero attached hydrogens (tertiary/aromatic N) is 2. The fraction of sp³-hybridized carbons (Fsp3) is 0.364. The van der Waals surface area contributed by atoms with Crippen LogP contribution in [0.5, 0.6) is 5.75 Å². The third-order valence-corrected chi connectivity index (χ3v) is 4.71. The number of para-hydroxylation sites is 2. The second-order valence-corrected chi connectivity index (χ2v) is 7.24. The molecule has 0 aliphatic carbocycles. The van der Waals surface area contributed by atoms with E-state index < -0.39 is 6.17 Å². The number of benzene rings is 1. The summed E-state index contributed by atoms with van der Waals surface area (Å²) < 4.78 is 5.82. The number of hydrogen-bond acceptors (Lipinski definition) is 5. The average molecular weight is 396 g/mol. The van der Waals surface area contributed by atoms with Crippen LogP contribution in [0.15, 0.2) is 41.5 Å². The van der Waals surface area contributed by atoms with Crippen molar-refractivity contribution < 1.29 is 9.53 Å². The summed E-state index contributed by atoms with van der Waals surface area (Å²) in [6.07, 6.45) is 5.37. The monoisotopic (exact) mass is 395 g/mol. The maximum Gasteiger partial charge on any atom is 0.264 e. The number of amides is 1. The first-order chi connectivity index (χ1) is 14.0. The van der Waals surface area contributed by atoms with Gasteiger partial charge in [-0.15, -0.1) is 0 Å². The van der Waals surface area contributed by atoms with Gasteiger partial charge < -0.3 is 19.9 Å². The SMILES string of the molecule is CC=Cc1c(C2=NC(C(=O)Nc3ccccc3OCCN(C)C)NC2)c[nH]c1C. The summed E-state index contributed by atoms with van der Waals surface area (Å²) in [7, 11) is 3.98. The van der Waals surface area contributed by atoms with E-state index in [0.717, 1.165) is 29.1 Å². The van der Waals surface area contributed by atoms with E-state index in [1.165, 1.54) is 0 Å². The van der Waals surface area contributed by atoms with Crippen LogP contribution in [0, 0.1) is 6.92 Å². The number of aryl methyl sites for hydroxylation is 1. The summed E-state index contributed by atoms with van der Waals surface area (Å²) in [6, 6.07) is 7.45. The van der Waals surface area contributed by atoms with Gasteiger partial charge >= 0.3 is 0 Å². The van der Waals surface area contributed by atoms with Gasteiger partial charge in [0.05, 0.1) is 11.4 Å². The quantitative estimate of drug-likeness (QED) is 0.642. The number of anilines is 1. The summed E-state index contributed by atoms with van der Waals surface area (Å²) in [6.45, 7) is 5.90. The van der Waals surface area contributed by atoms with E-state index in [1.807, 2.05) is 69.4 Å². The van der Waals surface area contributed by atoms with Gasteiger partial charge in [-0.25, -0.2) is 0 Å². The molecule has 1 aliphatic heterocycles. The molecule has 0 bridgehead atoms. The van der Waals surface area contributed by atoms with Gasteiger partial charge in [-0.1, -0.05) is 24.3 Å². The van der Waals surface area contributed by atoms with Crippen LogP contribution >= 0.6 is 0 Å². The number of likely N-dealkylation sites (N-methyl/N-ethyl adjacent to an activating group) is 1. The topological polar surface area (TPSA) is 81.8 Å². The maximum absolute atomic E-state index is 12.8. The Labute approximate surface area is 171 Å². The third kappa shape index (κ3) is 5.13. The number of carbonyl (C=O) groups is 1. The molecule has 0 fully saturated rings. The molecule has 2 aromatic rings. The van der Waals surface area contributed by atoms with Crippen LogP contribution in [0.2, 0.25) is 0 Å². The number of H-pyrrole nitrogens is 1. The molecule has 1 atom stereocenters. The van der Waals surface area contributed by atoms with E-state index in [0.29, 0.717) is 24.6 Å². The van der Waals surface area contributed by atoms with Crippen LogP contribution in [0.4, 0.5) is 5.69 Å². The number of aliphatic imine (C=N–C) groups is 1. The molecule has 0 saturated heterocycles. The number of aromatic nitrogens is 1. The lowest BCUT2D eigenvalue weighted by Crippen LogP contribution is -2.36. The van der Waals surface area contributed by atoms with Gasteiger partial charge in [0.25, 0.3) is 5.91 Å². The largest absolute Gasteiger partial charge is 0.490 e. The Balaban J connectivity index is 1.70. The van der Waals surface area contributed by atoms with E-state index in [1.54, 1.807) is 0 Å². The molecule has 7 nitrogen and oxygen atoms in total. The molecular weight excluding hydrogens is 366 g/mol. The van der Waals surface area contributed by atoms with Crippen LogP contribution in [0.3, 0.4) is 0 Å². The highest BCUT2D eigenvalue weighted by molar-refractivity contribution is 6.09. The fourth-order valence-electron chi connectivity index (χ4n) is 3.15. The maximum atomic E-state index is 12.8. The van der Waals surface area contributed by atoms with Gasteiger partial charge in [0.15, 0.2) is 6.17 Å². The van der Waals surface area contributed by atoms with E-state index >= 15 is 0 Å². The molecule has 1 aromatic carbocycles. The van der Waals surface area contributed by atoms with Crippen molar-refractivity contribution in [2.24, 2.45) is 4.99 Å². The second kappa shape index (κ2) is 9.54. The number of allylic oxidation sites excluding steroid dienone is 1. The lowest BCUT2D eigenvalue weighted by molar-refractivity contribution is -0.117. The summed E-state index contributed by atoms with van der Waals surface area (Å²) in [5, 5.41) is 6.12. The van der Waals surface area contributed by atoms with Gasteiger partial charge in [-0.3, -0.25) is 15.1 Å². The number of ether oxygens (including phenoxy) is 1. The molecule has 3 rings (SSSR count). The van der Waals surface area contributed by atoms with E-state index in [4.69, 9.17) is 4.74 Å². The number of carbonyl (C=O) groups excluding carboxylic acids is 1. The zero-order chi connectivity index (χ0) is 20.8. The number of rotatable bonds is 8. The van der Waals surface area contributed by atoms with E-state index in [-0.39, 0.29) is 5.91 Å². The molecule has 154 valence electrons. The molecule has 29 heavy (non-hydrogen) atoms. The minimum atomic E-state index is -0.631. The normalized spacial score (nSPS) is 16.4. The summed E-state index contributed by atoms with van der Waals surface area (Å²) in [5.74, 6) is 0.449. The Morgan fingerprint density at radius 1 is 1.38 bits per heavy atom. The molecular formula is C22H29N5O2. The van der Waals surface area contributed by atoms with Gasteiger partial charge in [-0.2, -0.15) is 0 Å². The molecule has 0 spiro atoms. The van der Waals surface area contributed by atoms with E-state index in [2.05, 4.69) is 26.7 Å². The van der Waals surface area contributed by atoms with Crippen molar-refractivity contribution in [3.63, 3.8) is 0 Å². The minimum Gasteiger partial charge on any atom is -0.490 e. The molecule has 0 saturated carbocycles. The van der Waals surface area contributed by atoms with Crippen LogP contribution in [0.25, 0.3) is 6.08 Å². The summed E-state index contributed by atoms with van der Waals surface area (Å²) in [4.78, 5) is 22.7. The molecule has 0 radical (unpaired) electrons. The first-order valence-corrected chi connectivity index (χ1v) is 9.78. The Hall–Kier alpha value is -2.90. The first-order valence-electron chi connectivity index (χ1n) is 9.78. The van der Waals surface area contributed by atoms with Crippen LogP contribution < -0.4 is 15.4 Å². The van der Waals surface area contributed by atoms with Crippen molar-refractivity contribution in [3.05, 3.63) is 53.4 Å². The molecule has 1 aliphatic rings. The molecule has 3 N–H and O–H groups in total. The van der Waals surface area contributed by atoms with Crippen LogP contribution in [-0.4, -0.2) is 61.5 Å². The Morgan fingerprint density at radius 2 is 2.17 bits per heavy atom. The number of nitrogens with one attached hydrogen (secondary N) is 3. The lowest BCUT2D eigenvalue weighted by atomic mass is 10.1. The zero-order valence-corrected chi connectivity index (χ0v) is 17.5. The Kier molecular flexibility index (Phi) is 6.85. The molecule has 1 unspecified atom stereocenters. The highest BCUT2D eigenvalue weighted by Gasteiger charge is 2.26. The first kappa shape index (κ1) is 20.8. The molecule has 1 aromatic heterocycles. The molecule has 2 heterocycles. The zero-order valence-electron chi connectivity index (χ0n) is 17.5. The van der Waals surface area contributed by atoms with Gasteiger partial charge in [0, 0.05) is 36.1 Å². The van der Waals surface area contributed by atoms with E-state index in [9.17, 15) is 4.79 Å². The Morgan fingerprint density at radius 3 is 2.93 bits per heavy atom. The van der Waals surface area contributed by atoms with Crippen molar-refractivity contribution in [1.29, 1.82) is 0 Å². The molecule has 7 heteroatoms. The smallest absolute Gasteiger partial charge is 0.264 e. The minimum absolute atomic E-state index is 0.205. The van der Waals surface area contributed by atoms with Crippen molar-refractivity contribution in [2.75, 3.05) is 39.1 Å². The molecule has 1 amide bonds. The summed E-state index contributed by atoms with van der Waals surface area (Å²) in [5.41, 5.74) is 4.73. The standard InChI is InChI=1S/C22H29N5O2/c1-5-8-16-15(2)23-13-17(16)19-14-24-21(25-19)22(28)26-18-9-6-7-10-20(18)29-12-11-27(3)4/h5-10,13,21,23-24H,11-12,14H2,1-4H3,(H,26,28). The van der Waals surface area contributed by atoms with Crippen LogP contribution in [-0.2, 0) is 4.79 Å². The highest BCUT2D eigenvalue weighted by Crippen LogP contribution is 2.24. The van der Waals surface area contributed by atoms with Crippen molar-refractivity contribution in [1.82, 2.24) is 15.2 Å². The van der Waals surface area contributed by atoms with Gasteiger partial charge in [0.2, 0.25) is 0 Å². The Bertz CT molecular complexity index is 914. The van der Waals surface area contributed by atoms with Crippen molar-refractivity contribution in [3.8, 4) is 5.75 Å². The second-order valence-electron chi connectivity index (χ2n) is 7.24. The fourth-order valence-corrected chi connectivity index (χ4v) is 3.15. The third-order valence-electron chi connectivity index (χ3n) is 4.71. The lowest BCUT2D eigenvalue weighted by Gasteiger charge is -2.15. The van der Waals surface area contributed by atoms with Crippen molar-refractivity contribution >= 4 is 23.4 Å². The van der Waals surface area contributed by atoms with Crippen molar-refractivity contribution in [2.45, 2.75) is 20.0 Å². The summed E-state index contributed by atoms with van der Waals surface area (Å²) >= 11 is 0. The predicted octanol–water partition coefficient (Wildman–Crippen LogP) is 2.65. The van der Waals surface area contributed by atoms with Gasteiger partial charge in [0.1, 0.15) is 12.4 Å². The average Bonchev–Trinajstić information content (AvgIpc) is 3.31. The number of hydrogen-bond donors (Lipinski definition) is 3. The number of aromatic amines is 1. The predicted molar refractivity (Wildman–Crippen MR) is 118 cm³/mol. The highest BCUT2D eigenvalue weighted by atomic mass is 16.5. The van der Waals surface area contributed by atoms with Crippen LogP contribution in [0.1, 0.15) is 23.7 Å². The van der Waals surface area contributed by atoms with Gasteiger partial charge in [-0.05, 0) is 40.1 Å².